The van der Waals surface area contributed by atoms with Gasteiger partial charge in [-0.2, -0.15) is 5.10 Å². The molecule has 0 spiro atoms. The van der Waals surface area contributed by atoms with Crippen molar-refractivity contribution in [2.45, 2.75) is 20.5 Å². The van der Waals surface area contributed by atoms with Crippen LogP contribution < -0.4 is 5.43 Å². The summed E-state index contributed by atoms with van der Waals surface area (Å²) in [5, 5.41) is 23.3. The van der Waals surface area contributed by atoms with Gasteiger partial charge in [-0.3, -0.25) is 10.4 Å². The lowest BCUT2D eigenvalue weighted by Gasteiger charge is -2.08. The third-order valence-electron chi connectivity index (χ3n) is 3.05. The molecule has 3 N–H and O–H groups in total. The molecule has 0 atom stereocenters. The molecule has 0 fully saturated rings. The molecule has 0 aliphatic carbocycles. The Bertz CT molecular complexity index is 639. The highest BCUT2D eigenvalue weighted by Crippen LogP contribution is 2.22. The maximum atomic E-state index is 9.97. The second-order valence-corrected chi connectivity index (χ2v) is 4.47. The summed E-state index contributed by atoms with van der Waals surface area (Å²) in [6.07, 6.45) is 3.02. The molecular formula is C15H17N3O2. The maximum absolute atomic E-state index is 9.97. The van der Waals surface area contributed by atoms with Crippen LogP contribution in [-0.2, 0) is 6.61 Å². The predicted molar refractivity (Wildman–Crippen MR) is 79.0 cm³/mol. The topological polar surface area (TPSA) is 77.7 Å². The molecule has 2 aromatic rings. The van der Waals surface area contributed by atoms with E-state index in [-0.39, 0.29) is 12.4 Å². The van der Waals surface area contributed by atoms with E-state index in [2.05, 4.69) is 15.5 Å². The number of aromatic hydroxyl groups is 1. The van der Waals surface area contributed by atoms with E-state index in [1.165, 1.54) is 12.4 Å². The summed E-state index contributed by atoms with van der Waals surface area (Å²) in [4.78, 5) is 4.00. The average Bonchev–Trinajstić information content (AvgIpc) is 2.45. The lowest BCUT2D eigenvalue weighted by Crippen LogP contribution is -2.00. The number of hydrogen-bond acceptors (Lipinski definition) is 5. The molecule has 1 aromatic carbocycles. The predicted octanol–water partition coefficient (Wildman–Crippen LogP) is 2.34. The molecule has 0 bridgehead atoms. The molecule has 0 aliphatic heterocycles. The number of aryl methyl sites for hydroxylation is 2. The van der Waals surface area contributed by atoms with Crippen molar-refractivity contribution < 1.29 is 10.2 Å². The number of hydrogen-bond donors (Lipinski definition) is 3. The number of aliphatic hydroxyl groups is 1. The van der Waals surface area contributed by atoms with Gasteiger partial charge in [-0.05, 0) is 25.5 Å². The van der Waals surface area contributed by atoms with Crippen molar-refractivity contribution in [3.8, 4) is 5.75 Å². The molecule has 0 saturated carbocycles. The van der Waals surface area contributed by atoms with Crippen molar-refractivity contribution in [2.24, 2.45) is 5.10 Å². The van der Waals surface area contributed by atoms with E-state index >= 15 is 0 Å². The number of aliphatic hydroxyl groups excluding tert-OH is 1. The monoisotopic (exact) mass is 271 g/mol. The van der Waals surface area contributed by atoms with Crippen molar-refractivity contribution >= 4 is 11.9 Å². The number of benzene rings is 1. The number of para-hydroxylation sites is 1. The maximum Gasteiger partial charge on any atom is 0.145 e. The van der Waals surface area contributed by atoms with Gasteiger partial charge < -0.3 is 10.2 Å². The van der Waals surface area contributed by atoms with Gasteiger partial charge in [0.2, 0.25) is 0 Å². The molecule has 104 valence electrons. The fourth-order valence-corrected chi connectivity index (χ4v) is 1.79. The van der Waals surface area contributed by atoms with Gasteiger partial charge >= 0.3 is 0 Å². The fourth-order valence-electron chi connectivity index (χ4n) is 1.79. The van der Waals surface area contributed by atoms with Gasteiger partial charge in [-0.25, -0.2) is 0 Å². The molecule has 0 unspecified atom stereocenters. The Kier molecular flexibility index (Phi) is 4.32. The number of aromatic nitrogens is 1. The van der Waals surface area contributed by atoms with Crippen LogP contribution in [0.2, 0.25) is 0 Å². The van der Waals surface area contributed by atoms with Gasteiger partial charge in [0, 0.05) is 17.3 Å². The zero-order valence-corrected chi connectivity index (χ0v) is 11.5. The summed E-state index contributed by atoms with van der Waals surface area (Å²) in [5.74, 6) is 0.0342. The number of anilines is 1. The van der Waals surface area contributed by atoms with E-state index in [0.29, 0.717) is 16.8 Å². The van der Waals surface area contributed by atoms with Crippen LogP contribution in [0.1, 0.15) is 22.4 Å². The van der Waals surface area contributed by atoms with Crippen molar-refractivity contribution in [2.75, 3.05) is 5.43 Å². The van der Waals surface area contributed by atoms with Crippen LogP contribution in [0.25, 0.3) is 0 Å². The Hall–Kier alpha value is -2.40. The zero-order valence-electron chi connectivity index (χ0n) is 11.5. The molecule has 0 radical (unpaired) electrons. The first kappa shape index (κ1) is 14.0. The van der Waals surface area contributed by atoms with Gasteiger partial charge in [0.15, 0.2) is 0 Å². The van der Waals surface area contributed by atoms with Gasteiger partial charge in [0.05, 0.1) is 24.2 Å². The summed E-state index contributed by atoms with van der Waals surface area (Å²) in [6, 6.07) is 7.76. The highest BCUT2D eigenvalue weighted by Gasteiger charge is 2.09. The molecular weight excluding hydrogens is 254 g/mol. The minimum atomic E-state index is -0.202. The van der Waals surface area contributed by atoms with Gasteiger partial charge in [-0.15, -0.1) is 0 Å². The van der Waals surface area contributed by atoms with Crippen LogP contribution in [0.4, 0.5) is 5.69 Å². The quantitative estimate of drug-likeness (QED) is 0.589. The van der Waals surface area contributed by atoms with Crippen LogP contribution in [-0.4, -0.2) is 21.4 Å². The third kappa shape index (κ3) is 2.95. The van der Waals surface area contributed by atoms with Crippen LogP contribution >= 0.6 is 0 Å². The average molecular weight is 271 g/mol. The van der Waals surface area contributed by atoms with E-state index in [9.17, 15) is 10.2 Å². The number of rotatable bonds is 4. The first-order valence-electron chi connectivity index (χ1n) is 6.26. The minimum absolute atomic E-state index is 0.0342. The molecule has 2 rings (SSSR count). The van der Waals surface area contributed by atoms with Crippen LogP contribution in [0.15, 0.2) is 35.6 Å². The van der Waals surface area contributed by atoms with Crippen LogP contribution in [0.5, 0.6) is 5.75 Å². The van der Waals surface area contributed by atoms with E-state index < -0.39 is 0 Å². The molecule has 0 amide bonds. The molecule has 1 heterocycles. The summed E-state index contributed by atoms with van der Waals surface area (Å²) in [6.45, 7) is 3.47. The van der Waals surface area contributed by atoms with Crippen molar-refractivity contribution in [3.63, 3.8) is 0 Å². The lowest BCUT2D eigenvalue weighted by atomic mass is 10.1. The highest BCUT2D eigenvalue weighted by atomic mass is 16.3. The normalized spacial score (nSPS) is 10.9. The Balaban J connectivity index is 2.24. The number of hydrazone groups is 1. The van der Waals surface area contributed by atoms with Crippen LogP contribution in [0, 0.1) is 13.8 Å². The van der Waals surface area contributed by atoms with E-state index in [1.807, 2.05) is 31.2 Å². The third-order valence-corrected chi connectivity index (χ3v) is 3.05. The lowest BCUT2D eigenvalue weighted by molar-refractivity contribution is 0.280. The summed E-state index contributed by atoms with van der Waals surface area (Å²) in [5.41, 5.74) is 6.38. The molecule has 20 heavy (non-hydrogen) atoms. The molecule has 0 aliphatic rings. The SMILES string of the molecule is Cc1ccccc1N/N=C/c1c(CO)cnc(C)c1O. The zero-order chi connectivity index (χ0) is 14.5. The first-order chi connectivity index (χ1) is 9.63. The number of pyridine rings is 1. The smallest absolute Gasteiger partial charge is 0.145 e. The van der Waals surface area contributed by atoms with Crippen molar-refractivity contribution in [3.05, 3.63) is 52.8 Å². The van der Waals surface area contributed by atoms with E-state index in [0.717, 1.165) is 11.3 Å². The standard InChI is InChI=1S/C15H17N3O2/c1-10-5-3-4-6-14(10)18-17-8-13-12(9-19)7-16-11(2)15(13)20/h3-8,18-20H,9H2,1-2H3/b17-8+. The van der Waals surface area contributed by atoms with E-state index in [4.69, 9.17) is 0 Å². The molecule has 5 nitrogen and oxygen atoms in total. The largest absolute Gasteiger partial charge is 0.505 e. The Labute approximate surface area is 117 Å². The fraction of sp³-hybridized carbons (Fsp3) is 0.200. The molecule has 1 aromatic heterocycles. The second kappa shape index (κ2) is 6.16. The first-order valence-corrected chi connectivity index (χ1v) is 6.26. The number of nitrogens with one attached hydrogen (secondary N) is 1. The van der Waals surface area contributed by atoms with Gasteiger partial charge in [0.1, 0.15) is 5.75 Å². The highest BCUT2D eigenvalue weighted by molar-refractivity contribution is 5.86. The van der Waals surface area contributed by atoms with E-state index in [1.54, 1.807) is 6.92 Å². The number of nitrogens with zero attached hydrogens (tertiary/aromatic N) is 2. The van der Waals surface area contributed by atoms with Gasteiger partial charge in [-0.1, -0.05) is 18.2 Å². The second-order valence-electron chi connectivity index (χ2n) is 4.47. The summed E-state index contributed by atoms with van der Waals surface area (Å²) in [7, 11) is 0. The molecule has 5 heteroatoms. The Morgan fingerprint density at radius 2 is 2.05 bits per heavy atom. The summed E-state index contributed by atoms with van der Waals surface area (Å²) >= 11 is 0. The summed E-state index contributed by atoms with van der Waals surface area (Å²) < 4.78 is 0. The van der Waals surface area contributed by atoms with Crippen molar-refractivity contribution in [1.29, 1.82) is 0 Å². The Morgan fingerprint density at radius 3 is 2.75 bits per heavy atom. The van der Waals surface area contributed by atoms with Gasteiger partial charge in [0.25, 0.3) is 0 Å². The Morgan fingerprint density at radius 1 is 1.30 bits per heavy atom. The van der Waals surface area contributed by atoms with Crippen molar-refractivity contribution in [1.82, 2.24) is 4.98 Å². The molecule has 0 saturated heterocycles. The van der Waals surface area contributed by atoms with Crippen LogP contribution in [0.3, 0.4) is 0 Å². The minimum Gasteiger partial charge on any atom is -0.505 e.